The van der Waals surface area contributed by atoms with Crippen molar-refractivity contribution in [2.24, 2.45) is 0 Å². The number of hydrogen-bond acceptors (Lipinski definition) is 5. The molecule has 1 fully saturated rings. The van der Waals surface area contributed by atoms with Gasteiger partial charge in [0.2, 0.25) is 10.0 Å². The number of nitrogens with one attached hydrogen (secondary N) is 1. The highest BCUT2D eigenvalue weighted by Crippen LogP contribution is 2.27. The highest BCUT2D eigenvalue weighted by atomic mass is 32.2. The lowest BCUT2D eigenvalue weighted by Crippen LogP contribution is -2.36. The first-order valence-corrected chi connectivity index (χ1v) is 9.90. The number of sulfonamides is 1. The Morgan fingerprint density at radius 2 is 2.14 bits per heavy atom. The van der Waals surface area contributed by atoms with E-state index in [0.29, 0.717) is 0 Å². The zero-order chi connectivity index (χ0) is 15.6. The number of rotatable bonds is 5. The van der Waals surface area contributed by atoms with Crippen LogP contribution in [0, 0.1) is 0 Å². The van der Waals surface area contributed by atoms with Crippen LogP contribution in [0.3, 0.4) is 0 Å². The Kier molecular flexibility index (Phi) is 4.58. The molecule has 1 aromatic heterocycles. The molecule has 0 unspecified atom stereocenters. The van der Waals surface area contributed by atoms with Crippen LogP contribution in [-0.2, 0) is 16.6 Å². The molecule has 1 N–H and O–H groups in total. The summed E-state index contributed by atoms with van der Waals surface area (Å²) in [7, 11) is -3.13. The second-order valence-electron chi connectivity index (χ2n) is 5.60. The molecule has 5 nitrogen and oxygen atoms in total. The van der Waals surface area contributed by atoms with Crippen LogP contribution in [0.5, 0.6) is 0 Å². The summed E-state index contributed by atoms with van der Waals surface area (Å²) in [6, 6.07) is 10.2. The fraction of sp³-hybridized carbons (Fsp3) is 0.400. The molecule has 0 bridgehead atoms. The first-order valence-electron chi connectivity index (χ1n) is 7.19. The quantitative estimate of drug-likeness (QED) is 0.906. The van der Waals surface area contributed by atoms with Crippen LogP contribution >= 0.6 is 11.3 Å². The van der Waals surface area contributed by atoms with Crippen LogP contribution in [0.2, 0.25) is 0 Å². The van der Waals surface area contributed by atoms with Crippen LogP contribution in [-0.4, -0.2) is 43.7 Å². The van der Waals surface area contributed by atoms with Crippen molar-refractivity contribution in [3.63, 3.8) is 0 Å². The normalized spacial score (nSPS) is 19.6. The van der Waals surface area contributed by atoms with Gasteiger partial charge in [-0.2, -0.15) is 0 Å². The molecule has 22 heavy (non-hydrogen) atoms. The van der Waals surface area contributed by atoms with Crippen LogP contribution in [0.25, 0.3) is 10.4 Å². The smallest absolute Gasteiger partial charge is 0.208 e. The number of thiazole rings is 1. The Morgan fingerprint density at radius 1 is 1.36 bits per heavy atom. The zero-order valence-corrected chi connectivity index (χ0v) is 14.0. The molecule has 0 radical (unpaired) electrons. The third-order valence-electron chi connectivity index (χ3n) is 3.62. The number of aromatic nitrogens is 1. The Labute approximate surface area is 135 Å². The van der Waals surface area contributed by atoms with Gasteiger partial charge < -0.3 is 0 Å². The van der Waals surface area contributed by atoms with Crippen LogP contribution in [0.15, 0.2) is 36.5 Å². The largest absolute Gasteiger partial charge is 0.295 e. The van der Waals surface area contributed by atoms with E-state index in [0.717, 1.165) is 31.1 Å². The second kappa shape index (κ2) is 6.45. The molecular weight excluding hydrogens is 318 g/mol. The summed E-state index contributed by atoms with van der Waals surface area (Å²) in [5.74, 6) is 0. The Bertz CT molecular complexity index is 728. The monoisotopic (exact) mass is 337 g/mol. The van der Waals surface area contributed by atoms with E-state index in [1.54, 1.807) is 11.3 Å². The van der Waals surface area contributed by atoms with E-state index < -0.39 is 10.0 Å². The van der Waals surface area contributed by atoms with Crippen molar-refractivity contribution in [2.75, 3.05) is 19.3 Å². The first kappa shape index (κ1) is 15.6. The van der Waals surface area contributed by atoms with E-state index >= 15 is 0 Å². The maximum Gasteiger partial charge on any atom is 0.208 e. The summed E-state index contributed by atoms with van der Waals surface area (Å²) in [5, 5.41) is 1.07. The first-order chi connectivity index (χ1) is 10.5. The van der Waals surface area contributed by atoms with Gasteiger partial charge in [-0.3, -0.25) is 4.90 Å². The van der Waals surface area contributed by atoms with Gasteiger partial charge in [-0.15, -0.1) is 11.3 Å². The lowest BCUT2D eigenvalue weighted by molar-refractivity contribution is 0.324. The third-order valence-corrected chi connectivity index (χ3v) is 5.42. The average molecular weight is 337 g/mol. The van der Waals surface area contributed by atoms with Crippen LogP contribution in [0.4, 0.5) is 0 Å². The molecule has 7 heteroatoms. The molecule has 118 valence electrons. The number of nitrogens with zero attached hydrogens (tertiary/aromatic N) is 2. The lowest BCUT2D eigenvalue weighted by atomic mass is 10.2. The van der Waals surface area contributed by atoms with Gasteiger partial charge in [0.25, 0.3) is 0 Å². The Hall–Kier alpha value is -1.28. The van der Waals surface area contributed by atoms with Crippen molar-refractivity contribution < 1.29 is 8.42 Å². The second-order valence-corrected chi connectivity index (χ2v) is 8.49. The fourth-order valence-electron chi connectivity index (χ4n) is 2.69. The number of hydrogen-bond donors (Lipinski definition) is 1. The minimum Gasteiger partial charge on any atom is -0.295 e. The highest BCUT2D eigenvalue weighted by molar-refractivity contribution is 7.88. The molecule has 1 aromatic carbocycles. The minimum absolute atomic E-state index is 0.0172. The predicted octanol–water partition coefficient (Wildman–Crippen LogP) is 1.93. The number of benzene rings is 1. The molecule has 1 saturated heterocycles. The molecule has 0 aliphatic carbocycles. The Morgan fingerprint density at radius 3 is 2.86 bits per heavy atom. The van der Waals surface area contributed by atoms with Gasteiger partial charge in [0.05, 0.1) is 17.7 Å². The van der Waals surface area contributed by atoms with Crippen molar-refractivity contribution in [1.29, 1.82) is 0 Å². The third kappa shape index (κ3) is 4.13. The van der Waals surface area contributed by atoms with Crippen molar-refractivity contribution in [2.45, 2.75) is 19.0 Å². The van der Waals surface area contributed by atoms with Crippen LogP contribution < -0.4 is 4.72 Å². The average Bonchev–Trinajstić information content (AvgIpc) is 3.08. The molecule has 0 amide bonds. The summed E-state index contributed by atoms with van der Waals surface area (Å²) in [6.07, 6.45) is 3.98. The lowest BCUT2D eigenvalue weighted by Gasteiger charge is -2.14. The molecular formula is C15H19N3O2S2. The summed E-state index contributed by atoms with van der Waals surface area (Å²) >= 11 is 1.70. The maximum atomic E-state index is 11.3. The van der Waals surface area contributed by atoms with Crippen molar-refractivity contribution in [1.82, 2.24) is 14.6 Å². The van der Waals surface area contributed by atoms with Gasteiger partial charge in [-0.1, -0.05) is 30.3 Å². The molecule has 0 spiro atoms. The van der Waals surface area contributed by atoms with E-state index in [1.165, 1.54) is 16.7 Å². The molecule has 1 aliphatic rings. The van der Waals surface area contributed by atoms with Crippen molar-refractivity contribution in [3.05, 3.63) is 41.5 Å². The fourth-order valence-corrected chi connectivity index (χ4v) is 4.45. The van der Waals surface area contributed by atoms with Crippen molar-refractivity contribution >= 4 is 21.4 Å². The summed E-state index contributed by atoms with van der Waals surface area (Å²) in [6.45, 7) is 2.42. The minimum atomic E-state index is -3.13. The molecule has 1 atom stereocenters. The van der Waals surface area contributed by atoms with E-state index in [1.807, 2.05) is 24.4 Å². The van der Waals surface area contributed by atoms with Gasteiger partial charge in [0.15, 0.2) is 0 Å². The van der Waals surface area contributed by atoms with E-state index in [4.69, 9.17) is 0 Å². The van der Waals surface area contributed by atoms with Crippen molar-refractivity contribution in [3.8, 4) is 10.4 Å². The zero-order valence-electron chi connectivity index (χ0n) is 12.4. The van der Waals surface area contributed by atoms with Gasteiger partial charge >= 0.3 is 0 Å². The molecule has 2 aromatic rings. The summed E-state index contributed by atoms with van der Waals surface area (Å²) in [5.41, 5.74) is 1.18. The molecule has 2 heterocycles. The molecule has 1 aliphatic heterocycles. The summed E-state index contributed by atoms with van der Waals surface area (Å²) < 4.78 is 25.2. The topological polar surface area (TPSA) is 62.3 Å². The van der Waals surface area contributed by atoms with Gasteiger partial charge in [0.1, 0.15) is 5.01 Å². The number of likely N-dealkylation sites (tertiary alicyclic amines) is 1. The van der Waals surface area contributed by atoms with Gasteiger partial charge in [-0.05, 0) is 12.0 Å². The SMILES string of the molecule is CS(=O)(=O)N[C@@H]1CCN(Cc2ncc(-c3ccccc3)s2)C1. The molecule has 3 rings (SSSR count). The highest BCUT2D eigenvalue weighted by Gasteiger charge is 2.25. The maximum absolute atomic E-state index is 11.3. The molecule has 0 saturated carbocycles. The van der Waals surface area contributed by atoms with E-state index in [9.17, 15) is 8.42 Å². The van der Waals surface area contributed by atoms with Crippen LogP contribution in [0.1, 0.15) is 11.4 Å². The Balaban J connectivity index is 1.60. The summed E-state index contributed by atoms with van der Waals surface area (Å²) in [4.78, 5) is 7.91. The predicted molar refractivity (Wildman–Crippen MR) is 89.2 cm³/mol. The van der Waals surface area contributed by atoms with Gasteiger partial charge in [-0.25, -0.2) is 18.1 Å². The van der Waals surface area contributed by atoms with E-state index in [2.05, 4.69) is 26.7 Å². The standard InChI is InChI=1S/C15H19N3O2S2/c1-22(19,20)17-13-7-8-18(10-13)11-15-16-9-14(21-15)12-5-3-2-4-6-12/h2-6,9,13,17H,7-8,10-11H2,1H3/t13-/m1/s1. The van der Waals surface area contributed by atoms with Gasteiger partial charge in [0, 0.05) is 25.3 Å². The van der Waals surface area contributed by atoms with E-state index in [-0.39, 0.29) is 6.04 Å².